The van der Waals surface area contributed by atoms with E-state index in [4.69, 9.17) is 4.98 Å². The summed E-state index contributed by atoms with van der Waals surface area (Å²) < 4.78 is 0. The van der Waals surface area contributed by atoms with Crippen molar-refractivity contribution >= 4 is 11.3 Å². The van der Waals surface area contributed by atoms with Gasteiger partial charge in [-0.3, -0.25) is 0 Å². The normalized spacial score (nSPS) is 22.1. The van der Waals surface area contributed by atoms with Crippen molar-refractivity contribution < 1.29 is 0 Å². The molecule has 1 saturated heterocycles. The SMILES string of the molecule is CN1CCN(CCc2nc(CNC3CCCC3)cs2)CC1. The first-order valence-corrected chi connectivity index (χ1v) is 9.25. The van der Waals surface area contributed by atoms with Gasteiger partial charge < -0.3 is 15.1 Å². The van der Waals surface area contributed by atoms with Crippen LogP contribution in [0.5, 0.6) is 0 Å². The van der Waals surface area contributed by atoms with Gasteiger partial charge in [-0.05, 0) is 19.9 Å². The van der Waals surface area contributed by atoms with E-state index in [1.54, 1.807) is 0 Å². The molecule has 1 aliphatic heterocycles. The Hall–Kier alpha value is -0.490. The highest BCUT2D eigenvalue weighted by atomic mass is 32.1. The minimum absolute atomic E-state index is 0.737. The maximum Gasteiger partial charge on any atom is 0.0941 e. The predicted molar refractivity (Wildman–Crippen MR) is 88.9 cm³/mol. The summed E-state index contributed by atoms with van der Waals surface area (Å²) in [5, 5.41) is 7.19. The Bertz CT molecular complexity index is 420. The molecule has 0 aromatic carbocycles. The largest absolute Gasteiger partial charge is 0.308 e. The van der Waals surface area contributed by atoms with E-state index in [0.29, 0.717) is 0 Å². The summed E-state index contributed by atoms with van der Waals surface area (Å²) in [5.41, 5.74) is 1.24. The van der Waals surface area contributed by atoms with E-state index < -0.39 is 0 Å². The second-order valence-electron chi connectivity index (χ2n) is 6.49. The van der Waals surface area contributed by atoms with Crippen LogP contribution in [0, 0.1) is 0 Å². The van der Waals surface area contributed by atoms with E-state index in [-0.39, 0.29) is 0 Å². The second-order valence-corrected chi connectivity index (χ2v) is 7.43. The summed E-state index contributed by atoms with van der Waals surface area (Å²) in [7, 11) is 2.21. The molecule has 118 valence electrons. The zero-order valence-electron chi connectivity index (χ0n) is 13.2. The summed E-state index contributed by atoms with van der Waals surface area (Å²) >= 11 is 1.83. The Morgan fingerprint density at radius 2 is 2.00 bits per heavy atom. The maximum atomic E-state index is 4.79. The van der Waals surface area contributed by atoms with Gasteiger partial charge in [0.1, 0.15) is 0 Å². The van der Waals surface area contributed by atoms with Crippen molar-refractivity contribution in [1.82, 2.24) is 20.1 Å². The Morgan fingerprint density at radius 1 is 1.24 bits per heavy atom. The van der Waals surface area contributed by atoms with Crippen molar-refractivity contribution in [3.63, 3.8) is 0 Å². The number of nitrogens with one attached hydrogen (secondary N) is 1. The van der Waals surface area contributed by atoms with Gasteiger partial charge in [0.25, 0.3) is 0 Å². The van der Waals surface area contributed by atoms with Crippen LogP contribution in [0.4, 0.5) is 0 Å². The molecule has 1 N–H and O–H groups in total. The number of likely N-dealkylation sites (N-methyl/N-ethyl adjacent to an activating group) is 1. The number of nitrogens with zero attached hydrogens (tertiary/aromatic N) is 3. The van der Waals surface area contributed by atoms with E-state index >= 15 is 0 Å². The fraction of sp³-hybridized carbons (Fsp3) is 0.812. The van der Waals surface area contributed by atoms with E-state index in [1.165, 1.54) is 62.6 Å². The third-order valence-electron chi connectivity index (χ3n) is 4.76. The summed E-state index contributed by atoms with van der Waals surface area (Å²) in [5.74, 6) is 0. The minimum Gasteiger partial charge on any atom is -0.308 e. The van der Waals surface area contributed by atoms with Crippen LogP contribution in [0.15, 0.2) is 5.38 Å². The molecule has 2 fully saturated rings. The zero-order chi connectivity index (χ0) is 14.5. The lowest BCUT2D eigenvalue weighted by Crippen LogP contribution is -2.45. The first kappa shape index (κ1) is 15.4. The van der Waals surface area contributed by atoms with Crippen LogP contribution in [0.25, 0.3) is 0 Å². The van der Waals surface area contributed by atoms with Gasteiger partial charge in [-0.15, -0.1) is 11.3 Å². The van der Waals surface area contributed by atoms with Crippen LogP contribution in [0.2, 0.25) is 0 Å². The highest BCUT2D eigenvalue weighted by Gasteiger charge is 2.15. The number of hydrogen-bond donors (Lipinski definition) is 1. The molecular weight excluding hydrogens is 280 g/mol. The Morgan fingerprint density at radius 3 is 2.76 bits per heavy atom. The van der Waals surface area contributed by atoms with Crippen molar-refractivity contribution in [2.45, 2.75) is 44.7 Å². The van der Waals surface area contributed by atoms with Gasteiger partial charge >= 0.3 is 0 Å². The summed E-state index contributed by atoms with van der Waals surface area (Å²) in [4.78, 5) is 9.77. The third kappa shape index (κ3) is 4.74. The first-order valence-electron chi connectivity index (χ1n) is 8.37. The molecule has 1 aliphatic carbocycles. The predicted octanol–water partition coefficient (Wildman–Crippen LogP) is 1.97. The van der Waals surface area contributed by atoms with E-state index in [0.717, 1.165) is 25.6 Å². The van der Waals surface area contributed by atoms with Gasteiger partial charge in [0.05, 0.1) is 10.7 Å². The highest BCUT2D eigenvalue weighted by Crippen LogP contribution is 2.18. The molecular formula is C16H28N4S. The fourth-order valence-corrected chi connectivity index (χ4v) is 4.04. The first-order chi connectivity index (χ1) is 10.3. The van der Waals surface area contributed by atoms with Gasteiger partial charge in [0.2, 0.25) is 0 Å². The quantitative estimate of drug-likeness (QED) is 0.870. The van der Waals surface area contributed by atoms with Gasteiger partial charge in [-0.1, -0.05) is 12.8 Å². The average molecular weight is 308 g/mol. The number of aromatic nitrogens is 1. The fourth-order valence-electron chi connectivity index (χ4n) is 3.25. The number of hydrogen-bond acceptors (Lipinski definition) is 5. The topological polar surface area (TPSA) is 31.4 Å². The van der Waals surface area contributed by atoms with Crippen LogP contribution in [0.3, 0.4) is 0 Å². The Kier molecular flexibility index (Phi) is 5.63. The smallest absolute Gasteiger partial charge is 0.0941 e. The molecule has 0 bridgehead atoms. The monoisotopic (exact) mass is 308 g/mol. The lowest BCUT2D eigenvalue weighted by Gasteiger charge is -2.32. The summed E-state index contributed by atoms with van der Waals surface area (Å²) in [6, 6.07) is 0.737. The number of rotatable bonds is 6. The molecule has 1 aromatic heterocycles. The van der Waals surface area contributed by atoms with Crippen molar-refractivity contribution in [3.8, 4) is 0 Å². The van der Waals surface area contributed by atoms with Crippen molar-refractivity contribution in [2.75, 3.05) is 39.8 Å². The number of piperazine rings is 1. The van der Waals surface area contributed by atoms with E-state index in [1.807, 2.05) is 11.3 Å². The lowest BCUT2D eigenvalue weighted by atomic mass is 10.2. The van der Waals surface area contributed by atoms with Crippen LogP contribution >= 0.6 is 11.3 Å². The van der Waals surface area contributed by atoms with Crippen LogP contribution in [0.1, 0.15) is 36.4 Å². The Balaban J connectivity index is 1.38. The maximum absolute atomic E-state index is 4.79. The van der Waals surface area contributed by atoms with Crippen molar-refractivity contribution in [3.05, 3.63) is 16.1 Å². The highest BCUT2D eigenvalue weighted by molar-refractivity contribution is 7.09. The molecule has 4 nitrogen and oxygen atoms in total. The van der Waals surface area contributed by atoms with Gasteiger partial charge in [0, 0.05) is 57.1 Å². The van der Waals surface area contributed by atoms with Crippen LogP contribution < -0.4 is 5.32 Å². The number of thiazole rings is 1. The van der Waals surface area contributed by atoms with Crippen LogP contribution in [-0.4, -0.2) is 60.6 Å². The van der Waals surface area contributed by atoms with Crippen molar-refractivity contribution in [1.29, 1.82) is 0 Å². The zero-order valence-corrected chi connectivity index (χ0v) is 14.0. The molecule has 1 aromatic rings. The third-order valence-corrected chi connectivity index (χ3v) is 5.72. The molecule has 1 saturated carbocycles. The molecule has 3 rings (SSSR count). The van der Waals surface area contributed by atoms with E-state index in [9.17, 15) is 0 Å². The Labute approximate surface area is 132 Å². The summed E-state index contributed by atoms with van der Waals surface area (Å²) in [6.07, 6.45) is 6.59. The molecule has 5 heteroatoms. The molecule has 0 radical (unpaired) electrons. The molecule has 2 heterocycles. The van der Waals surface area contributed by atoms with Gasteiger partial charge in [-0.25, -0.2) is 4.98 Å². The lowest BCUT2D eigenvalue weighted by molar-refractivity contribution is 0.155. The minimum atomic E-state index is 0.737. The van der Waals surface area contributed by atoms with Crippen molar-refractivity contribution in [2.24, 2.45) is 0 Å². The van der Waals surface area contributed by atoms with Gasteiger partial charge in [-0.2, -0.15) is 0 Å². The average Bonchev–Trinajstić information content (AvgIpc) is 3.16. The molecule has 21 heavy (non-hydrogen) atoms. The summed E-state index contributed by atoms with van der Waals surface area (Å²) in [6.45, 7) is 6.94. The standard InChI is InChI=1S/C16H28N4S/c1-19-8-10-20(11-9-19)7-6-16-18-15(13-21-16)12-17-14-4-2-3-5-14/h13-14,17H,2-12H2,1H3. The molecule has 0 unspecified atom stereocenters. The molecule has 0 amide bonds. The van der Waals surface area contributed by atoms with Gasteiger partial charge in [0.15, 0.2) is 0 Å². The van der Waals surface area contributed by atoms with E-state index in [2.05, 4.69) is 27.5 Å². The molecule has 2 aliphatic rings. The second kappa shape index (κ2) is 7.68. The molecule has 0 atom stereocenters. The van der Waals surface area contributed by atoms with Crippen LogP contribution in [-0.2, 0) is 13.0 Å². The molecule has 0 spiro atoms.